The fourth-order valence-electron chi connectivity index (χ4n) is 1.86. The Kier molecular flexibility index (Phi) is 5.41. The van der Waals surface area contributed by atoms with E-state index in [1.165, 1.54) is 0 Å². The lowest BCUT2D eigenvalue weighted by molar-refractivity contribution is 0.204. The highest BCUT2D eigenvalue weighted by atomic mass is 35.5. The molecule has 0 radical (unpaired) electrons. The largest absolute Gasteiger partial charge is 0.396 e. The summed E-state index contributed by atoms with van der Waals surface area (Å²) in [5.41, 5.74) is 1.32. The van der Waals surface area contributed by atoms with Gasteiger partial charge in [-0.15, -0.1) is 0 Å². The molecule has 2 aromatic rings. The molecule has 0 aliphatic carbocycles. The van der Waals surface area contributed by atoms with E-state index < -0.39 is 0 Å². The molecule has 0 aliphatic heterocycles. The molecular weight excluding hydrogens is 304 g/mol. The normalized spacial score (nSPS) is 13.5. The average Bonchev–Trinajstić information content (AvgIpc) is 3.00. The van der Waals surface area contributed by atoms with E-state index in [-0.39, 0.29) is 24.6 Å². The molecule has 1 heterocycles. The minimum Gasteiger partial charge on any atom is -0.396 e. The van der Waals surface area contributed by atoms with Gasteiger partial charge in [0, 0.05) is 30.7 Å². The maximum absolute atomic E-state index is 11.9. The molecule has 2 atom stereocenters. The van der Waals surface area contributed by atoms with Gasteiger partial charge in [-0.3, -0.25) is 0 Å². The zero-order valence-electron chi connectivity index (χ0n) is 12.5. The van der Waals surface area contributed by atoms with Crippen molar-refractivity contribution in [1.82, 2.24) is 15.1 Å². The van der Waals surface area contributed by atoms with E-state index in [4.69, 9.17) is 16.7 Å². The van der Waals surface area contributed by atoms with E-state index in [0.717, 1.165) is 5.69 Å². The van der Waals surface area contributed by atoms with E-state index in [0.29, 0.717) is 10.7 Å². The lowest BCUT2D eigenvalue weighted by Gasteiger charge is -2.19. The molecule has 6 nitrogen and oxygen atoms in total. The molecule has 7 heteroatoms. The smallest absolute Gasteiger partial charge is 0.319 e. The van der Waals surface area contributed by atoms with Crippen LogP contribution in [0.15, 0.2) is 36.7 Å². The zero-order chi connectivity index (χ0) is 16.1. The SMILES string of the molecule is CC(CO)C(C)NC(=O)Nc1ccc(-n2cccn2)c(Cl)c1. The third-order valence-corrected chi connectivity index (χ3v) is 3.76. The Bertz CT molecular complexity index is 630. The molecular formula is C15H19ClN4O2. The minimum atomic E-state index is -0.337. The third-order valence-electron chi connectivity index (χ3n) is 3.46. The van der Waals surface area contributed by atoms with Crippen molar-refractivity contribution in [2.45, 2.75) is 19.9 Å². The number of urea groups is 1. The van der Waals surface area contributed by atoms with Gasteiger partial charge in [-0.25, -0.2) is 9.48 Å². The van der Waals surface area contributed by atoms with Gasteiger partial charge in [0.15, 0.2) is 0 Å². The van der Waals surface area contributed by atoms with Gasteiger partial charge in [0.1, 0.15) is 0 Å². The molecule has 0 aliphatic rings. The monoisotopic (exact) mass is 322 g/mol. The second-order valence-electron chi connectivity index (χ2n) is 5.16. The van der Waals surface area contributed by atoms with Gasteiger partial charge >= 0.3 is 6.03 Å². The number of nitrogens with zero attached hydrogens (tertiary/aromatic N) is 2. The van der Waals surface area contributed by atoms with E-state index in [1.54, 1.807) is 41.3 Å². The van der Waals surface area contributed by atoms with E-state index in [9.17, 15) is 4.79 Å². The topological polar surface area (TPSA) is 79.2 Å². The van der Waals surface area contributed by atoms with Crippen molar-refractivity contribution in [2.75, 3.05) is 11.9 Å². The number of carbonyl (C=O) groups excluding carboxylic acids is 1. The van der Waals surface area contributed by atoms with Crippen LogP contribution < -0.4 is 10.6 Å². The average molecular weight is 323 g/mol. The molecule has 1 aromatic carbocycles. The van der Waals surface area contributed by atoms with Crippen LogP contribution in [-0.4, -0.2) is 33.6 Å². The molecule has 2 amide bonds. The Morgan fingerprint density at radius 1 is 1.45 bits per heavy atom. The first-order chi connectivity index (χ1) is 10.5. The first-order valence-corrected chi connectivity index (χ1v) is 7.37. The van der Waals surface area contributed by atoms with Gasteiger partial charge in [-0.05, 0) is 37.1 Å². The Hall–Kier alpha value is -2.05. The fraction of sp³-hybridized carbons (Fsp3) is 0.333. The number of aliphatic hydroxyl groups excluding tert-OH is 1. The maximum Gasteiger partial charge on any atom is 0.319 e. The second-order valence-corrected chi connectivity index (χ2v) is 5.57. The van der Waals surface area contributed by atoms with E-state index in [1.807, 2.05) is 13.8 Å². The van der Waals surface area contributed by atoms with Crippen molar-refractivity contribution < 1.29 is 9.90 Å². The van der Waals surface area contributed by atoms with Gasteiger partial charge < -0.3 is 15.7 Å². The van der Waals surface area contributed by atoms with Gasteiger partial charge in [0.2, 0.25) is 0 Å². The van der Waals surface area contributed by atoms with Crippen molar-refractivity contribution in [3.63, 3.8) is 0 Å². The second kappa shape index (κ2) is 7.29. The number of aliphatic hydroxyl groups is 1. The standard InChI is InChI=1S/C15H19ClN4O2/c1-10(9-21)11(2)18-15(22)19-12-4-5-14(13(16)8-12)20-7-3-6-17-20/h3-8,10-11,21H,9H2,1-2H3,(H2,18,19,22). The highest BCUT2D eigenvalue weighted by Crippen LogP contribution is 2.23. The first kappa shape index (κ1) is 16.3. The van der Waals surface area contributed by atoms with Crippen molar-refractivity contribution in [2.24, 2.45) is 5.92 Å². The third kappa shape index (κ3) is 3.99. The van der Waals surface area contributed by atoms with Crippen LogP contribution in [0.25, 0.3) is 5.69 Å². The summed E-state index contributed by atoms with van der Waals surface area (Å²) in [6.45, 7) is 3.72. The summed E-state index contributed by atoms with van der Waals surface area (Å²) in [4.78, 5) is 11.9. The van der Waals surface area contributed by atoms with Crippen LogP contribution in [0.5, 0.6) is 0 Å². The number of hydrogen-bond donors (Lipinski definition) is 3. The summed E-state index contributed by atoms with van der Waals surface area (Å²) < 4.78 is 1.65. The highest BCUT2D eigenvalue weighted by Gasteiger charge is 2.14. The molecule has 0 spiro atoms. The van der Waals surface area contributed by atoms with Crippen LogP contribution in [0.1, 0.15) is 13.8 Å². The Morgan fingerprint density at radius 3 is 2.82 bits per heavy atom. The van der Waals surface area contributed by atoms with Crippen LogP contribution in [0.3, 0.4) is 0 Å². The van der Waals surface area contributed by atoms with Gasteiger partial charge in [-0.2, -0.15) is 5.10 Å². The molecule has 118 valence electrons. The number of anilines is 1. The number of benzene rings is 1. The highest BCUT2D eigenvalue weighted by molar-refractivity contribution is 6.32. The number of nitrogens with one attached hydrogen (secondary N) is 2. The molecule has 22 heavy (non-hydrogen) atoms. The number of hydrogen-bond acceptors (Lipinski definition) is 3. The molecule has 2 rings (SSSR count). The van der Waals surface area contributed by atoms with Gasteiger partial charge in [-0.1, -0.05) is 18.5 Å². The number of aromatic nitrogens is 2. The molecule has 0 fully saturated rings. The summed E-state index contributed by atoms with van der Waals surface area (Å²) in [6.07, 6.45) is 3.46. The van der Waals surface area contributed by atoms with Crippen LogP contribution in [0.2, 0.25) is 5.02 Å². The summed E-state index contributed by atoms with van der Waals surface area (Å²) >= 11 is 6.22. The molecule has 0 bridgehead atoms. The van der Waals surface area contributed by atoms with Gasteiger partial charge in [0.05, 0.1) is 10.7 Å². The van der Waals surface area contributed by atoms with Crippen molar-refractivity contribution in [3.05, 3.63) is 41.7 Å². The summed E-state index contributed by atoms with van der Waals surface area (Å²) in [6, 6.07) is 6.53. The summed E-state index contributed by atoms with van der Waals surface area (Å²) in [5.74, 6) is -0.0171. The molecule has 0 saturated carbocycles. The van der Waals surface area contributed by atoms with Crippen LogP contribution in [0.4, 0.5) is 10.5 Å². The Morgan fingerprint density at radius 2 is 2.23 bits per heavy atom. The number of rotatable bonds is 5. The molecule has 0 saturated heterocycles. The number of carbonyl (C=O) groups is 1. The number of halogens is 1. The summed E-state index contributed by atoms with van der Waals surface area (Å²) in [5, 5.41) is 19.2. The van der Waals surface area contributed by atoms with Crippen LogP contribution >= 0.6 is 11.6 Å². The van der Waals surface area contributed by atoms with E-state index in [2.05, 4.69) is 15.7 Å². The predicted molar refractivity (Wildman–Crippen MR) is 86.4 cm³/mol. The van der Waals surface area contributed by atoms with Crippen molar-refractivity contribution in [3.8, 4) is 5.69 Å². The Balaban J connectivity index is 2.02. The summed E-state index contributed by atoms with van der Waals surface area (Å²) in [7, 11) is 0. The lowest BCUT2D eigenvalue weighted by Crippen LogP contribution is -2.40. The predicted octanol–water partition coefficient (Wildman–Crippen LogP) is 2.66. The maximum atomic E-state index is 11.9. The Labute approximate surface area is 134 Å². The van der Waals surface area contributed by atoms with E-state index >= 15 is 0 Å². The number of amides is 2. The van der Waals surface area contributed by atoms with Crippen molar-refractivity contribution >= 4 is 23.3 Å². The minimum absolute atomic E-state index is 0.0171. The molecule has 1 aromatic heterocycles. The van der Waals surface area contributed by atoms with Gasteiger partial charge in [0.25, 0.3) is 0 Å². The molecule has 3 N–H and O–H groups in total. The fourth-order valence-corrected chi connectivity index (χ4v) is 2.12. The molecule has 2 unspecified atom stereocenters. The first-order valence-electron chi connectivity index (χ1n) is 6.99. The quantitative estimate of drug-likeness (QED) is 0.791. The van der Waals surface area contributed by atoms with Crippen LogP contribution in [-0.2, 0) is 0 Å². The zero-order valence-corrected chi connectivity index (χ0v) is 13.2. The van der Waals surface area contributed by atoms with Crippen LogP contribution in [0, 0.1) is 5.92 Å². The lowest BCUT2D eigenvalue weighted by atomic mass is 10.1. The van der Waals surface area contributed by atoms with Crippen molar-refractivity contribution in [1.29, 1.82) is 0 Å².